The van der Waals surface area contributed by atoms with Crippen molar-refractivity contribution in [1.29, 1.82) is 0 Å². The standard InChI is InChI=1S/C15H18FN5/c16-13-4-1-7-17-15(13)20-8-2-3-11(9-20)14-19-18-10-21(14)12-5-6-12/h1,4,7,10-12H,2-3,5-6,8-9H2. The molecule has 21 heavy (non-hydrogen) atoms. The van der Waals surface area contributed by atoms with Crippen molar-refractivity contribution in [2.45, 2.75) is 37.6 Å². The summed E-state index contributed by atoms with van der Waals surface area (Å²) in [6.07, 6.45) is 8.03. The Morgan fingerprint density at radius 2 is 2.14 bits per heavy atom. The van der Waals surface area contributed by atoms with Gasteiger partial charge in [-0.2, -0.15) is 0 Å². The van der Waals surface area contributed by atoms with Crippen LogP contribution in [0.5, 0.6) is 0 Å². The molecular weight excluding hydrogens is 269 g/mol. The summed E-state index contributed by atoms with van der Waals surface area (Å²) in [6, 6.07) is 3.68. The number of halogens is 1. The molecule has 2 aliphatic rings. The summed E-state index contributed by atoms with van der Waals surface area (Å²) in [5.74, 6) is 1.57. The van der Waals surface area contributed by atoms with Crippen molar-refractivity contribution in [3.8, 4) is 0 Å². The van der Waals surface area contributed by atoms with E-state index in [0.29, 0.717) is 17.8 Å². The number of anilines is 1. The molecule has 0 aromatic carbocycles. The van der Waals surface area contributed by atoms with Crippen molar-refractivity contribution < 1.29 is 4.39 Å². The molecule has 0 amide bonds. The minimum atomic E-state index is -0.248. The molecule has 4 rings (SSSR count). The number of aromatic nitrogens is 4. The van der Waals surface area contributed by atoms with Gasteiger partial charge < -0.3 is 9.47 Å². The van der Waals surface area contributed by atoms with Crippen LogP contribution in [0.2, 0.25) is 0 Å². The van der Waals surface area contributed by atoms with E-state index in [1.54, 1.807) is 12.3 Å². The minimum absolute atomic E-state index is 0.248. The van der Waals surface area contributed by atoms with Crippen molar-refractivity contribution in [3.63, 3.8) is 0 Å². The van der Waals surface area contributed by atoms with E-state index in [0.717, 1.165) is 31.8 Å². The van der Waals surface area contributed by atoms with Gasteiger partial charge in [-0.1, -0.05) is 0 Å². The average Bonchev–Trinajstić information content (AvgIpc) is 3.25. The number of hydrogen-bond acceptors (Lipinski definition) is 4. The molecule has 6 heteroatoms. The molecule has 3 heterocycles. The zero-order chi connectivity index (χ0) is 14.2. The first-order valence-corrected chi connectivity index (χ1v) is 7.58. The van der Waals surface area contributed by atoms with Crippen LogP contribution in [-0.4, -0.2) is 32.8 Å². The van der Waals surface area contributed by atoms with E-state index < -0.39 is 0 Å². The maximum absolute atomic E-state index is 13.9. The Kier molecular flexibility index (Phi) is 3.09. The highest BCUT2D eigenvalue weighted by molar-refractivity contribution is 5.40. The second kappa shape index (κ2) is 5.09. The summed E-state index contributed by atoms with van der Waals surface area (Å²) < 4.78 is 16.1. The summed E-state index contributed by atoms with van der Waals surface area (Å²) in [5, 5.41) is 8.40. The van der Waals surface area contributed by atoms with E-state index in [1.165, 1.54) is 18.9 Å². The topological polar surface area (TPSA) is 46.8 Å². The molecule has 2 aromatic heterocycles. The van der Waals surface area contributed by atoms with Gasteiger partial charge in [-0.15, -0.1) is 10.2 Å². The molecule has 1 aliphatic carbocycles. The zero-order valence-corrected chi connectivity index (χ0v) is 11.8. The van der Waals surface area contributed by atoms with Gasteiger partial charge in [-0.25, -0.2) is 9.37 Å². The van der Waals surface area contributed by atoms with Gasteiger partial charge in [-0.05, 0) is 37.8 Å². The van der Waals surface area contributed by atoms with Crippen LogP contribution in [0.15, 0.2) is 24.7 Å². The molecule has 2 fully saturated rings. The lowest BCUT2D eigenvalue weighted by Gasteiger charge is -2.33. The first-order chi connectivity index (χ1) is 10.3. The molecule has 1 saturated carbocycles. The highest BCUT2D eigenvalue weighted by Gasteiger charge is 2.32. The predicted molar refractivity (Wildman–Crippen MR) is 76.7 cm³/mol. The van der Waals surface area contributed by atoms with Gasteiger partial charge in [0.15, 0.2) is 11.6 Å². The highest BCUT2D eigenvalue weighted by Crippen LogP contribution is 2.38. The summed E-state index contributed by atoms with van der Waals surface area (Å²) >= 11 is 0. The molecule has 1 unspecified atom stereocenters. The summed E-state index contributed by atoms with van der Waals surface area (Å²) in [5.41, 5.74) is 0. The molecule has 5 nitrogen and oxygen atoms in total. The Morgan fingerprint density at radius 3 is 2.95 bits per heavy atom. The maximum atomic E-state index is 13.9. The summed E-state index contributed by atoms with van der Waals surface area (Å²) in [4.78, 5) is 6.23. The monoisotopic (exact) mass is 287 g/mol. The van der Waals surface area contributed by atoms with Crippen LogP contribution in [0.1, 0.15) is 43.5 Å². The largest absolute Gasteiger partial charge is 0.353 e. The smallest absolute Gasteiger partial charge is 0.165 e. The van der Waals surface area contributed by atoms with E-state index in [1.807, 2.05) is 11.2 Å². The third-order valence-corrected chi connectivity index (χ3v) is 4.37. The lowest BCUT2D eigenvalue weighted by Crippen LogP contribution is -2.36. The van der Waals surface area contributed by atoms with E-state index in [2.05, 4.69) is 19.7 Å². The van der Waals surface area contributed by atoms with Crippen molar-refractivity contribution in [2.75, 3.05) is 18.0 Å². The number of hydrogen-bond donors (Lipinski definition) is 0. The lowest BCUT2D eigenvalue weighted by atomic mass is 9.97. The second-order valence-corrected chi connectivity index (χ2v) is 5.92. The minimum Gasteiger partial charge on any atom is -0.353 e. The molecule has 1 saturated heterocycles. The van der Waals surface area contributed by atoms with Crippen LogP contribution >= 0.6 is 0 Å². The fourth-order valence-corrected chi connectivity index (χ4v) is 3.17. The molecule has 0 N–H and O–H groups in total. The number of nitrogens with zero attached hydrogens (tertiary/aromatic N) is 5. The fraction of sp³-hybridized carbons (Fsp3) is 0.533. The molecule has 110 valence electrons. The van der Waals surface area contributed by atoms with Crippen molar-refractivity contribution in [1.82, 2.24) is 19.7 Å². The SMILES string of the molecule is Fc1cccnc1N1CCCC(c2nncn2C2CC2)C1. The molecule has 0 spiro atoms. The van der Waals surface area contributed by atoms with Crippen molar-refractivity contribution >= 4 is 5.82 Å². The molecule has 0 radical (unpaired) electrons. The third-order valence-electron chi connectivity index (χ3n) is 4.37. The van der Waals surface area contributed by atoms with Gasteiger partial charge in [0.25, 0.3) is 0 Å². The van der Waals surface area contributed by atoms with Crippen LogP contribution in [0.3, 0.4) is 0 Å². The molecular formula is C15H18FN5. The normalized spacial score (nSPS) is 22.5. The zero-order valence-electron chi connectivity index (χ0n) is 11.8. The van der Waals surface area contributed by atoms with Crippen LogP contribution in [0.4, 0.5) is 10.2 Å². The van der Waals surface area contributed by atoms with Crippen LogP contribution in [0, 0.1) is 5.82 Å². The van der Waals surface area contributed by atoms with Gasteiger partial charge in [-0.3, -0.25) is 0 Å². The number of rotatable bonds is 3. The quantitative estimate of drug-likeness (QED) is 0.870. The Bertz CT molecular complexity index is 636. The van der Waals surface area contributed by atoms with E-state index >= 15 is 0 Å². The van der Waals surface area contributed by atoms with Gasteiger partial charge in [0, 0.05) is 31.2 Å². The Balaban J connectivity index is 1.58. The lowest BCUT2D eigenvalue weighted by molar-refractivity contribution is 0.463. The summed E-state index contributed by atoms with van der Waals surface area (Å²) in [7, 11) is 0. The predicted octanol–water partition coefficient (Wildman–Crippen LogP) is 2.53. The Hall–Kier alpha value is -1.98. The van der Waals surface area contributed by atoms with Crippen LogP contribution in [-0.2, 0) is 0 Å². The highest BCUT2D eigenvalue weighted by atomic mass is 19.1. The number of pyridine rings is 1. The third kappa shape index (κ3) is 2.39. The summed E-state index contributed by atoms with van der Waals surface area (Å²) in [6.45, 7) is 1.61. The molecule has 2 aromatic rings. The molecule has 1 aliphatic heterocycles. The van der Waals surface area contributed by atoms with E-state index in [-0.39, 0.29) is 5.82 Å². The first-order valence-electron chi connectivity index (χ1n) is 7.58. The average molecular weight is 287 g/mol. The Labute approximate surface area is 122 Å². The fourth-order valence-electron chi connectivity index (χ4n) is 3.17. The van der Waals surface area contributed by atoms with Gasteiger partial charge in [0.2, 0.25) is 0 Å². The van der Waals surface area contributed by atoms with Crippen LogP contribution < -0.4 is 4.90 Å². The Morgan fingerprint density at radius 1 is 1.24 bits per heavy atom. The van der Waals surface area contributed by atoms with Crippen molar-refractivity contribution in [3.05, 3.63) is 36.3 Å². The van der Waals surface area contributed by atoms with Crippen LogP contribution in [0.25, 0.3) is 0 Å². The van der Waals surface area contributed by atoms with E-state index in [4.69, 9.17) is 0 Å². The van der Waals surface area contributed by atoms with Crippen molar-refractivity contribution in [2.24, 2.45) is 0 Å². The maximum Gasteiger partial charge on any atom is 0.165 e. The second-order valence-electron chi connectivity index (χ2n) is 5.92. The van der Waals surface area contributed by atoms with E-state index in [9.17, 15) is 4.39 Å². The molecule has 1 atom stereocenters. The van der Waals surface area contributed by atoms with Gasteiger partial charge in [0.1, 0.15) is 12.2 Å². The first kappa shape index (κ1) is 12.7. The van der Waals surface area contributed by atoms with Gasteiger partial charge >= 0.3 is 0 Å². The number of piperidine rings is 1. The van der Waals surface area contributed by atoms with Gasteiger partial charge in [0.05, 0.1) is 0 Å². The molecule has 0 bridgehead atoms.